The lowest BCUT2D eigenvalue weighted by atomic mass is 9.92. The lowest BCUT2D eigenvalue weighted by Gasteiger charge is -2.40. The van der Waals surface area contributed by atoms with Gasteiger partial charge in [-0.25, -0.2) is 0 Å². The van der Waals surface area contributed by atoms with Gasteiger partial charge in [0.25, 0.3) is 5.91 Å². The lowest BCUT2D eigenvalue weighted by Crippen LogP contribution is -2.52. The van der Waals surface area contributed by atoms with Crippen LogP contribution in [0.4, 0.5) is 5.69 Å². The zero-order valence-electron chi connectivity index (χ0n) is 24.2. The maximum Gasteiger partial charge on any atom is 0.255 e. The average molecular weight is 551 g/mol. The van der Waals surface area contributed by atoms with Gasteiger partial charge in [0.15, 0.2) is 5.78 Å². The molecule has 0 spiro atoms. The Labute approximate surface area is 238 Å². The smallest absolute Gasteiger partial charge is 0.255 e. The maximum absolute atomic E-state index is 13.0. The van der Waals surface area contributed by atoms with Crippen LogP contribution in [0.25, 0.3) is 0 Å². The number of piperazine rings is 2. The van der Waals surface area contributed by atoms with Crippen molar-refractivity contribution in [3.05, 3.63) is 29.3 Å². The first-order valence-corrected chi connectivity index (χ1v) is 15.6. The molecule has 1 aliphatic carbocycles. The van der Waals surface area contributed by atoms with E-state index in [0.717, 1.165) is 50.7 Å². The summed E-state index contributed by atoms with van der Waals surface area (Å²) in [4.78, 5) is 49.2. The highest BCUT2D eigenvalue weighted by molar-refractivity contribution is 6.07. The number of Topliss-reactive ketones (excluding diaryl/α,β-unsaturated/α-hetero) is 2. The van der Waals surface area contributed by atoms with Crippen LogP contribution in [-0.4, -0.2) is 128 Å². The molecule has 4 aliphatic heterocycles. The number of benzene rings is 1. The SMILES string of the molecule is C[C@H]1CNCCN1CCN1CCC(CN2CCN(c3ccc4c(c3)CN(C3CCC(=O)CC3=O)C4=O)CC2)CC1. The first-order valence-electron chi connectivity index (χ1n) is 15.6. The predicted molar refractivity (Wildman–Crippen MR) is 156 cm³/mol. The summed E-state index contributed by atoms with van der Waals surface area (Å²) in [7, 11) is 0. The summed E-state index contributed by atoms with van der Waals surface area (Å²) in [6.45, 7) is 16.5. The average Bonchev–Trinajstić information content (AvgIpc) is 3.29. The number of amides is 1. The van der Waals surface area contributed by atoms with E-state index in [-0.39, 0.29) is 23.9 Å². The summed E-state index contributed by atoms with van der Waals surface area (Å²) in [5.41, 5.74) is 2.89. The van der Waals surface area contributed by atoms with Crippen LogP contribution in [0.2, 0.25) is 0 Å². The molecule has 1 aromatic rings. The number of nitrogens with zero attached hydrogens (tertiary/aromatic N) is 5. The van der Waals surface area contributed by atoms with Crippen LogP contribution >= 0.6 is 0 Å². The van der Waals surface area contributed by atoms with E-state index in [0.29, 0.717) is 31.0 Å². The molecule has 4 fully saturated rings. The highest BCUT2D eigenvalue weighted by Gasteiger charge is 2.39. The fourth-order valence-corrected chi connectivity index (χ4v) is 7.40. The molecule has 1 N–H and O–H groups in total. The van der Waals surface area contributed by atoms with E-state index >= 15 is 0 Å². The lowest BCUT2D eigenvalue weighted by molar-refractivity contribution is -0.133. The summed E-state index contributed by atoms with van der Waals surface area (Å²) < 4.78 is 0. The van der Waals surface area contributed by atoms with Crippen molar-refractivity contribution < 1.29 is 14.4 Å². The van der Waals surface area contributed by atoms with E-state index in [1.807, 2.05) is 6.07 Å². The highest BCUT2D eigenvalue weighted by Crippen LogP contribution is 2.32. The minimum Gasteiger partial charge on any atom is -0.369 e. The number of ketones is 2. The van der Waals surface area contributed by atoms with Crippen LogP contribution in [0.5, 0.6) is 0 Å². The number of hydrogen-bond donors (Lipinski definition) is 1. The molecule has 5 aliphatic rings. The summed E-state index contributed by atoms with van der Waals surface area (Å²) in [6.07, 6.45) is 3.44. The quantitative estimate of drug-likeness (QED) is 0.512. The van der Waals surface area contributed by atoms with Crippen molar-refractivity contribution in [3.63, 3.8) is 0 Å². The van der Waals surface area contributed by atoms with Crippen LogP contribution in [0.1, 0.15) is 54.9 Å². The Morgan fingerprint density at radius 2 is 1.70 bits per heavy atom. The largest absolute Gasteiger partial charge is 0.369 e. The van der Waals surface area contributed by atoms with Gasteiger partial charge in [-0.2, -0.15) is 0 Å². The number of carbonyl (C=O) groups excluding carboxylic acids is 3. The van der Waals surface area contributed by atoms with Crippen molar-refractivity contribution in [1.82, 2.24) is 24.9 Å². The van der Waals surface area contributed by atoms with Crippen molar-refractivity contribution in [2.45, 2.75) is 57.7 Å². The van der Waals surface area contributed by atoms with Gasteiger partial charge in [-0.3, -0.25) is 24.2 Å². The number of rotatable bonds is 7. The third-order valence-electron chi connectivity index (χ3n) is 10.0. The first-order chi connectivity index (χ1) is 19.4. The molecule has 1 unspecified atom stereocenters. The van der Waals surface area contributed by atoms with E-state index < -0.39 is 6.04 Å². The van der Waals surface area contributed by atoms with Gasteiger partial charge in [0.1, 0.15) is 5.78 Å². The molecule has 6 rings (SSSR count). The van der Waals surface area contributed by atoms with Crippen LogP contribution in [0.15, 0.2) is 18.2 Å². The second-order valence-corrected chi connectivity index (χ2v) is 12.7. The zero-order valence-corrected chi connectivity index (χ0v) is 24.2. The predicted octanol–water partition coefficient (Wildman–Crippen LogP) is 1.46. The fraction of sp³-hybridized carbons (Fsp3) is 0.710. The van der Waals surface area contributed by atoms with Gasteiger partial charge < -0.3 is 20.0 Å². The third kappa shape index (κ3) is 6.12. The van der Waals surface area contributed by atoms with Crippen molar-refractivity contribution in [3.8, 4) is 0 Å². The second-order valence-electron chi connectivity index (χ2n) is 12.7. The van der Waals surface area contributed by atoms with E-state index in [1.54, 1.807) is 4.90 Å². The van der Waals surface area contributed by atoms with Gasteiger partial charge in [-0.15, -0.1) is 0 Å². The van der Waals surface area contributed by atoms with E-state index in [1.165, 1.54) is 57.8 Å². The summed E-state index contributed by atoms with van der Waals surface area (Å²) in [5.74, 6) is 0.622. The van der Waals surface area contributed by atoms with Crippen molar-refractivity contribution in [1.29, 1.82) is 0 Å². The first kappa shape index (κ1) is 27.8. The van der Waals surface area contributed by atoms with Gasteiger partial charge in [-0.1, -0.05) is 0 Å². The Hall–Kier alpha value is -2.33. The molecule has 1 amide bonds. The molecule has 2 atom stereocenters. The number of carbonyl (C=O) groups is 3. The van der Waals surface area contributed by atoms with Crippen molar-refractivity contribution >= 4 is 23.2 Å². The third-order valence-corrected chi connectivity index (χ3v) is 10.0. The summed E-state index contributed by atoms with van der Waals surface area (Å²) >= 11 is 0. The highest BCUT2D eigenvalue weighted by atomic mass is 16.2. The number of hydrogen-bond acceptors (Lipinski definition) is 8. The fourth-order valence-electron chi connectivity index (χ4n) is 7.40. The molecule has 9 nitrogen and oxygen atoms in total. The maximum atomic E-state index is 13.0. The standard InChI is InChI=1S/C31H46N6O3/c1-23-20-32-8-11-35(23)15-12-33-9-6-24(7-10-33)21-34-13-16-36(17-14-34)26-2-4-28-25(18-26)22-37(31(28)40)29-5-3-27(38)19-30(29)39/h2,4,18,23-24,29,32H,3,5-17,19-22H2,1H3/t23-,29?/m0/s1. The topological polar surface area (TPSA) is 79.4 Å². The summed E-state index contributed by atoms with van der Waals surface area (Å²) in [5, 5.41) is 3.49. The molecule has 40 heavy (non-hydrogen) atoms. The molecule has 0 aromatic heterocycles. The Morgan fingerprint density at radius 1 is 0.900 bits per heavy atom. The number of fused-ring (bicyclic) bond motifs is 1. The Kier molecular flexibility index (Phi) is 8.53. The molecule has 1 saturated carbocycles. The number of anilines is 1. The van der Waals surface area contributed by atoms with E-state index in [2.05, 4.69) is 44.0 Å². The van der Waals surface area contributed by atoms with E-state index in [4.69, 9.17) is 0 Å². The monoisotopic (exact) mass is 550 g/mol. The van der Waals surface area contributed by atoms with Gasteiger partial charge in [0.2, 0.25) is 0 Å². The molecule has 218 valence electrons. The van der Waals surface area contributed by atoms with Crippen LogP contribution in [0.3, 0.4) is 0 Å². The van der Waals surface area contributed by atoms with Gasteiger partial charge in [-0.05, 0) is 69.0 Å². The molecule has 3 saturated heterocycles. The van der Waals surface area contributed by atoms with Crippen molar-refractivity contribution in [2.75, 3.05) is 83.4 Å². The molecule has 1 aromatic carbocycles. The minimum atomic E-state index is -0.452. The summed E-state index contributed by atoms with van der Waals surface area (Å²) in [6, 6.07) is 6.36. The molecule has 0 radical (unpaired) electrons. The molecular formula is C31H46N6O3. The Balaban J connectivity index is 0.942. The normalized spacial score (nSPS) is 28.0. The van der Waals surface area contributed by atoms with Gasteiger partial charge in [0, 0.05) is 95.7 Å². The van der Waals surface area contributed by atoms with Crippen LogP contribution < -0.4 is 10.2 Å². The van der Waals surface area contributed by atoms with Crippen LogP contribution in [-0.2, 0) is 16.1 Å². The molecular weight excluding hydrogens is 504 g/mol. The molecule has 4 heterocycles. The molecule has 9 heteroatoms. The van der Waals surface area contributed by atoms with Crippen molar-refractivity contribution in [2.24, 2.45) is 5.92 Å². The second kappa shape index (κ2) is 12.3. The number of likely N-dealkylation sites (tertiary alicyclic amines) is 1. The zero-order chi connectivity index (χ0) is 27.6. The molecule has 0 bridgehead atoms. The van der Waals surface area contributed by atoms with Gasteiger partial charge >= 0.3 is 0 Å². The van der Waals surface area contributed by atoms with Gasteiger partial charge in [0.05, 0.1) is 12.5 Å². The number of piperidine rings is 1. The van der Waals surface area contributed by atoms with E-state index in [9.17, 15) is 14.4 Å². The number of nitrogens with one attached hydrogen (secondary N) is 1. The minimum absolute atomic E-state index is 0.00616. The van der Waals surface area contributed by atoms with Crippen LogP contribution in [0, 0.1) is 5.92 Å². The Morgan fingerprint density at radius 3 is 2.45 bits per heavy atom. The Bertz CT molecular complexity index is 1090.